The lowest BCUT2D eigenvalue weighted by atomic mass is 9.80. The zero-order chi connectivity index (χ0) is 44.0. The molecule has 0 amide bonds. The number of aromatic nitrogens is 3. The molecule has 338 valence electrons. The lowest BCUT2D eigenvalue weighted by Gasteiger charge is -2.39. The van der Waals surface area contributed by atoms with Crippen molar-refractivity contribution in [3.8, 4) is 11.5 Å². The van der Waals surface area contributed by atoms with Gasteiger partial charge in [0.2, 0.25) is 0 Å². The van der Waals surface area contributed by atoms with E-state index in [-0.39, 0.29) is 25.7 Å². The van der Waals surface area contributed by atoms with E-state index in [1.54, 1.807) is 10.9 Å². The number of nitrogens with zero attached hydrogens (tertiary/aromatic N) is 5. The topological polar surface area (TPSA) is 200 Å². The number of hydrogen-bond donors (Lipinski definition) is 4. The predicted molar refractivity (Wildman–Crippen MR) is 229 cm³/mol. The van der Waals surface area contributed by atoms with Gasteiger partial charge in [0.1, 0.15) is 48.2 Å². The monoisotopic (exact) mass is 863 g/mol. The molecule has 4 N–H and O–H groups in total. The number of fused-ring (bicyclic) bond motifs is 2. The molecule has 62 heavy (non-hydrogen) atoms. The lowest BCUT2D eigenvalue weighted by Crippen LogP contribution is -2.59. The first-order chi connectivity index (χ1) is 30.2. The molecule has 0 unspecified atom stereocenters. The van der Waals surface area contributed by atoms with Gasteiger partial charge in [-0.1, -0.05) is 35.5 Å². The minimum Gasteiger partial charge on any atom is -0.460 e. The fourth-order valence-electron chi connectivity index (χ4n) is 7.68. The molecule has 0 saturated carbocycles. The average Bonchev–Trinajstić information content (AvgIpc) is 3.75. The third-order valence-corrected chi connectivity index (χ3v) is 11.1. The van der Waals surface area contributed by atoms with E-state index in [9.17, 15) is 25.2 Å². The fourth-order valence-corrected chi connectivity index (χ4v) is 7.68. The number of rotatable bonds is 24. The summed E-state index contributed by atoms with van der Waals surface area (Å²) < 4.78 is 41.7. The largest absolute Gasteiger partial charge is 0.460 e. The minimum atomic E-state index is -1.52. The third-order valence-electron chi connectivity index (χ3n) is 11.1. The van der Waals surface area contributed by atoms with Gasteiger partial charge in [0.05, 0.1) is 71.2 Å². The van der Waals surface area contributed by atoms with Gasteiger partial charge in [0.15, 0.2) is 6.29 Å². The smallest absolute Gasteiger partial charge is 0.338 e. The molecule has 17 heteroatoms. The molecule has 6 rings (SSSR count). The molecule has 0 spiro atoms. The van der Waals surface area contributed by atoms with Crippen LogP contribution in [0.15, 0.2) is 66.9 Å². The molecule has 0 radical (unpaired) electrons. The first-order valence-corrected chi connectivity index (χ1v) is 21.5. The second kappa shape index (κ2) is 23.1. The van der Waals surface area contributed by atoms with E-state index in [1.165, 1.54) is 0 Å². The standard InChI is InChI=1S/C45H61N5O12/c1-5-48(6-2)31-13-15-35-37(25-31)61-38-26-32(49(7-3)8-4)14-16-36(38)40(35)33-11-9-10-12-34(33)44(55)59-24-23-58-22-21-57-20-19-56-18-17-50-27-30(46-47-50)29-60-45-43(54)42(53)41(52)39(28-51)62-45/h9-16,25-27,39-43,45,51-54H,5-8,17-24,28-29H2,1-4H3/t39-,41-,42+,43+,45+/m1/s1. The second-order valence-electron chi connectivity index (χ2n) is 14.9. The van der Waals surface area contributed by atoms with Crippen molar-refractivity contribution in [1.29, 1.82) is 0 Å². The molecule has 2 aliphatic heterocycles. The number of carbonyl (C=O) groups excluding carboxylic acids is 1. The number of benzene rings is 3. The summed E-state index contributed by atoms with van der Waals surface area (Å²) in [5.74, 6) is 0.883. The first-order valence-electron chi connectivity index (χ1n) is 21.5. The Bertz CT molecular complexity index is 1950. The first kappa shape index (κ1) is 46.8. The van der Waals surface area contributed by atoms with Crippen molar-refractivity contribution in [2.75, 3.05) is 88.8 Å². The molecule has 4 aromatic rings. The molecule has 1 fully saturated rings. The van der Waals surface area contributed by atoms with Gasteiger partial charge in [0, 0.05) is 66.7 Å². The predicted octanol–water partition coefficient (Wildman–Crippen LogP) is 3.48. The molecule has 1 saturated heterocycles. The number of ether oxygens (including phenoxy) is 7. The summed E-state index contributed by atoms with van der Waals surface area (Å²) in [5.41, 5.74) is 5.93. The van der Waals surface area contributed by atoms with E-state index in [1.807, 2.05) is 24.3 Å². The number of anilines is 2. The SMILES string of the molecule is CCN(CC)c1ccc2c(c1)Oc1cc(N(CC)CC)ccc1C2c1ccccc1C(=O)OCCOCCOCCOCCn1cc(CO[C@H]2O[C@H](CO)[C@@H](O)[C@H](O)[C@@H]2O)nn1. The highest BCUT2D eigenvalue weighted by Crippen LogP contribution is 2.50. The van der Waals surface area contributed by atoms with Crippen molar-refractivity contribution < 1.29 is 58.4 Å². The van der Waals surface area contributed by atoms with Gasteiger partial charge in [-0.15, -0.1) is 5.10 Å². The summed E-state index contributed by atoms with van der Waals surface area (Å²) in [7, 11) is 0. The van der Waals surface area contributed by atoms with Crippen LogP contribution >= 0.6 is 0 Å². The van der Waals surface area contributed by atoms with Crippen LogP contribution in [0.4, 0.5) is 11.4 Å². The van der Waals surface area contributed by atoms with E-state index < -0.39 is 43.3 Å². The number of esters is 1. The van der Waals surface area contributed by atoms with Crippen LogP contribution in [0.3, 0.4) is 0 Å². The van der Waals surface area contributed by atoms with Crippen molar-refractivity contribution in [3.05, 3.63) is 94.8 Å². The second-order valence-corrected chi connectivity index (χ2v) is 14.9. The molecule has 5 atom stereocenters. The molecule has 0 aliphatic carbocycles. The fraction of sp³-hybridized carbons (Fsp3) is 0.533. The van der Waals surface area contributed by atoms with Crippen LogP contribution in [0.25, 0.3) is 0 Å². The molecule has 2 aliphatic rings. The molecule has 17 nitrogen and oxygen atoms in total. The Morgan fingerprint density at radius 2 is 1.31 bits per heavy atom. The number of hydrogen-bond acceptors (Lipinski definition) is 16. The Morgan fingerprint density at radius 1 is 0.726 bits per heavy atom. The number of aliphatic hydroxyl groups excluding tert-OH is 4. The Morgan fingerprint density at radius 3 is 1.90 bits per heavy atom. The van der Waals surface area contributed by atoms with Crippen LogP contribution in [-0.4, -0.2) is 151 Å². The summed E-state index contributed by atoms with van der Waals surface area (Å²) in [6.07, 6.45) is -5.14. The van der Waals surface area contributed by atoms with Gasteiger partial charge in [-0.05, 0) is 51.5 Å². The summed E-state index contributed by atoms with van der Waals surface area (Å²) in [6.45, 7) is 13.9. The number of aliphatic hydroxyl groups is 4. The van der Waals surface area contributed by atoms with Crippen LogP contribution in [0, 0.1) is 0 Å². The van der Waals surface area contributed by atoms with E-state index in [4.69, 9.17) is 33.2 Å². The summed E-state index contributed by atoms with van der Waals surface area (Å²) in [5, 5.41) is 47.3. The van der Waals surface area contributed by atoms with Crippen LogP contribution in [0.2, 0.25) is 0 Å². The summed E-state index contributed by atoms with van der Waals surface area (Å²) in [6, 6.07) is 20.3. The Labute approximate surface area is 362 Å². The highest BCUT2D eigenvalue weighted by atomic mass is 16.7. The van der Waals surface area contributed by atoms with Crippen molar-refractivity contribution in [2.24, 2.45) is 0 Å². The molecule has 1 aromatic heterocycles. The summed E-state index contributed by atoms with van der Waals surface area (Å²) >= 11 is 0. The van der Waals surface area contributed by atoms with Gasteiger partial charge in [-0.2, -0.15) is 0 Å². The Hall–Kier alpha value is -4.69. The van der Waals surface area contributed by atoms with E-state index in [2.05, 4.69) is 84.2 Å². The average molecular weight is 864 g/mol. The summed E-state index contributed by atoms with van der Waals surface area (Å²) in [4.78, 5) is 18.2. The Balaban J connectivity index is 0.920. The molecule has 0 bridgehead atoms. The number of carbonyl (C=O) groups is 1. The molecular weight excluding hydrogens is 803 g/mol. The van der Waals surface area contributed by atoms with Crippen LogP contribution in [0.5, 0.6) is 11.5 Å². The zero-order valence-electron chi connectivity index (χ0n) is 36.0. The highest BCUT2D eigenvalue weighted by Gasteiger charge is 2.44. The van der Waals surface area contributed by atoms with Crippen molar-refractivity contribution in [3.63, 3.8) is 0 Å². The Kier molecular flexibility index (Phi) is 17.5. The van der Waals surface area contributed by atoms with Crippen LogP contribution < -0.4 is 14.5 Å². The van der Waals surface area contributed by atoms with E-state index >= 15 is 0 Å². The van der Waals surface area contributed by atoms with Gasteiger partial charge >= 0.3 is 5.97 Å². The van der Waals surface area contributed by atoms with Crippen LogP contribution in [-0.2, 0) is 41.6 Å². The minimum absolute atomic E-state index is 0.0753. The third kappa shape index (κ3) is 11.5. The van der Waals surface area contributed by atoms with Gasteiger partial charge in [-0.3, -0.25) is 0 Å². The quantitative estimate of drug-likeness (QED) is 0.0519. The van der Waals surface area contributed by atoms with E-state index in [0.29, 0.717) is 50.8 Å². The van der Waals surface area contributed by atoms with Crippen LogP contribution in [0.1, 0.15) is 66.4 Å². The maximum atomic E-state index is 13.7. The van der Waals surface area contributed by atoms with Gasteiger partial charge in [0.25, 0.3) is 0 Å². The molecular formula is C45H61N5O12. The van der Waals surface area contributed by atoms with Crippen molar-refractivity contribution in [2.45, 2.75) is 77.5 Å². The maximum Gasteiger partial charge on any atom is 0.338 e. The van der Waals surface area contributed by atoms with Gasteiger partial charge in [-0.25, -0.2) is 9.48 Å². The maximum absolute atomic E-state index is 13.7. The van der Waals surface area contributed by atoms with E-state index in [0.717, 1.165) is 65.7 Å². The lowest BCUT2D eigenvalue weighted by molar-refractivity contribution is -0.304. The normalized spacial score (nSPS) is 19.7. The zero-order valence-corrected chi connectivity index (χ0v) is 36.0. The molecule has 3 heterocycles. The highest BCUT2D eigenvalue weighted by molar-refractivity contribution is 5.92. The van der Waals surface area contributed by atoms with Crippen molar-refractivity contribution in [1.82, 2.24) is 15.0 Å². The van der Waals surface area contributed by atoms with Gasteiger partial charge < -0.3 is 63.4 Å². The van der Waals surface area contributed by atoms with Crippen molar-refractivity contribution >= 4 is 17.3 Å². The molecule has 3 aromatic carbocycles.